The van der Waals surface area contributed by atoms with Gasteiger partial charge in [0.15, 0.2) is 0 Å². The van der Waals surface area contributed by atoms with E-state index in [0.29, 0.717) is 6.42 Å². The number of allylic oxidation sites excluding steroid dienone is 2. The molecule has 0 aliphatic heterocycles. The summed E-state index contributed by atoms with van der Waals surface area (Å²) in [5, 5.41) is 0. The topological polar surface area (TPSA) is 17.1 Å². The van der Waals surface area contributed by atoms with Crippen molar-refractivity contribution in [1.29, 1.82) is 0 Å². The molecular weight excluding hydrogens is 160 g/mol. The van der Waals surface area contributed by atoms with Crippen LogP contribution in [0, 0.1) is 0 Å². The molecule has 0 aliphatic rings. The van der Waals surface area contributed by atoms with E-state index in [4.69, 9.17) is 0 Å². The molecule has 0 spiro atoms. The molecule has 1 heteroatoms. The van der Waals surface area contributed by atoms with E-state index in [1.54, 1.807) is 0 Å². The molecule has 0 bridgehead atoms. The number of carbonyl (C=O) groups excluding carboxylic acids is 1. The van der Waals surface area contributed by atoms with Gasteiger partial charge in [0.05, 0.1) is 0 Å². The molecule has 0 aliphatic carbocycles. The van der Waals surface area contributed by atoms with Crippen LogP contribution in [0.25, 0.3) is 0 Å². The summed E-state index contributed by atoms with van der Waals surface area (Å²) in [7, 11) is 0. The second-order valence-corrected chi connectivity index (χ2v) is 2.84. The average molecular weight is 173 g/mol. The molecule has 0 saturated carbocycles. The van der Waals surface area contributed by atoms with Gasteiger partial charge in [-0.2, -0.15) is 0 Å². The predicted octanol–water partition coefficient (Wildman–Crippen LogP) is 2.68. The first-order valence-corrected chi connectivity index (χ1v) is 4.47. The molecule has 0 N–H and O–H groups in total. The highest BCUT2D eigenvalue weighted by molar-refractivity contribution is 5.52. The summed E-state index contributed by atoms with van der Waals surface area (Å²) in [6, 6.07) is 10.3. The third kappa shape index (κ3) is 4.26. The number of benzene rings is 1. The van der Waals surface area contributed by atoms with Crippen molar-refractivity contribution in [3.05, 3.63) is 48.0 Å². The van der Waals surface area contributed by atoms with Crippen LogP contribution in [0.5, 0.6) is 0 Å². The second-order valence-electron chi connectivity index (χ2n) is 2.84. The van der Waals surface area contributed by atoms with Gasteiger partial charge in [0.2, 0.25) is 6.29 Å². The minimum atomic E-state index is 0.411. The molecule has 0 amide bonds. The molecule has 0 unspecified atom stereocenters. The molecule has 0 heterocycles. The van der Waals surface area contributed by atoms with Crippen molar-refractivity contribution in [1.82, 2.24) is 0 Å². The van der Waals surface area contributed by atoms with E-state index in [-0.39, 0.29) is 0 Å². The van der Waals surface area contributed by atoms with E-state index in [1.807, 2.05) is 36.6 Å². The third-order valence-electron chi connectivity index (χ3n) is 1.81. The number of hydrogen-bond acceptors (Lipinski definition) is 1. The lowest BCUT2D eigenvalue weighted by molar-refractivity contribution is 0.556. The summed E-state index contributed by atoms with van der Waals surface area (Å²) < 4.78 is 0. The van der Waals surface area contributed by atoms with Crippen LogP contribution < -0.4 is 0 Å². The molecule has 1 aromatic carbocycles. The summed E-state index contributed by atoms with van der Waals surface area (Å²) in [4.78, 5) is 9.86. The highest BCUT2D eigenvalue weighted by Gasteiger charge is 1.87. The number of aryl methyl sites for hydroxylation is 1. The Bertz CT molecular complexity index is 262. The van der Waals surface area contributed by atoms with Gasteiger partial charge in [-0.25, -0.2) is 0 Å². The summed E-state index contributed by atoms with van der Waals surface area (Å²) >= 11 is 0. The molecule has 0 aromatic heterocycles. The van der Waals surface area contributed by atoms with Crippen LogP contribution in [0.15, 0.2) is 42.5 Å². The van der Waals surface area contributed by atoms with Gasteiger partial charge < -0.3 is 0 Å². The second kappa shape index (κ2) is 6.18. The zero-order valence-electron chi connectivity index (χ0n) is 7.57. The molecule has 0 fully saturated rings. The van der Waals surface area contributed by atoms with Crippen molar-refractivity contribution >= 4 is 6.29 Å². The predicted molar refractivity (Wildman–Crippen MR) is 54.2 cm³/mol. The van der Waals surface area contributed by atoms with Crippen molar-refractivity contribution in [2.45, 2.75) is 19.3 Å². The molecule has 67 valence electrons. The van der Waals surface area contributed by atoms with Gasteiger partial charge in [0.25, 0.3) is 0 Å². The Morgan fingerprint density at radius 3 is 2.62 bits per heavy atom. The Labute approximate surface area is 79.1 Å². The van der Waals surface area contributed by atoms with Crippen molar-refractivity contribution in [2.24, 2.45) is 0 Å². The number of hydrogen-bond donors (Lipinski definition) is 0. The fourth-order valence-corrected chi connectivity index (χ4v) is 1.14. The maximum absolute atomic E-state index is 9.86. The van der Waals surface area contributed by atoms with Gasteiger partial charge in [0.1, 0.15) is 0 Å². The zero-order chi connectivity index (χ0) is 9.36. The van der Waals surface area contributed by atoms with E-state index in [2.05, 4.69) is 12.1 Å². The van der Waals surface area contributed by atoms with Crippen molar-refractivity contribution in [3.8, 4) is 0 Å². The molecule has 0 saturated heterocycles. The summed E-state index contributed by atoms with van der Waals surface area (Å²) in [6.45, 7) is 0. The lowest BCUT2D eigenvalue weighted by Crippen LogP contribution is -1.81. The normalized spacial score (nSPS) is 10.5. The van der Waals surface area contributed by atoms with Crippen LogP contribution >= 0.6 is 0 Å². The van der Waals surface area contributed by atoms with Crippen LogP contribution in [0.1, 0.15) is 18.4 Å². The summed E-state index contributed by atoms with van der Waals surface area (Å²) in [6.07, 6.45) is 8.15. The SMILES string of the molecule is O=[C]CC=CCCc1ccccc1. The molecule has 1 nitrogen and oxygen atoms in total. The zero-order valence-corrected chi connectivity index (χ0v) is 7.57. The Balaban J connectivity index is 2.24. The minimum Gasteiger partial charge on any atom is -0.291 e. The van der Waals surface area contributed by atoms with Gasteiger partial charge >= 0.3 is 0 Å². The number of rotatable bonds is 5. The van der Waals surface area contributed by atoms with Crippen molar-refractivity contribution in [3.63, 3.8) is 0 Å². The van der Waals surface area contributed by atoms with Crippen LogP contribution in [0.3, 0.4) is 0 Å². The Kier molecular flexibility index (Phi) is 4.62. The highest BCUT2D eigenvalue weighted by Crippen LogP contribution is 2.02. The van der Waals surface area contributed by atoms with E-state index in [0.717, 1.165) is 12.8 Å². The molecule has 1 aromatic rings. The van der Waals surface area contributed by atoms with E-state index in [1.165, 1.54) is 5.56 Å². The molecule has 13 heavy (non-hydrogen) atoms. The molecule has 0 atom stereocenters. The van der Waals surface area contributed by atoms with Crippen LogP contribution in [-0.2, 0) is 11.2 Å². The molecular formula is C12H13O. The first-order chi connectivity index (χ1) is 6.43. The Hall–Kier alpha value is -1.37. The van der Waals surface area contributed by atoms with Crippen molar-refractivity contribution in [2.75, 3.05) is 0 Å². The highest BCUT2D eigenvalue weighted by atomic mass is 16.1. The maximum atomic E-state index is 9.86. The van der Waals surface area contributed by atoms with Gasteiger partial charge in [0, 0.05) is 6.42 Å². The molecule has 1 rings (SSSR count). The van der Waals surface area contributed by atoms with Crippen LogP contribution in [0.4, 0.5) is 0 Å². The lowest BCUT2D eigenvalue weighted by Gasteiger charge is -1.95. The van der Waals surface area contributed by atoms with E-state index < -0.39 is 0 Å². The average Bonchev–Trinajstić information content (AvgIpc) is 2.19. The third-order valence-corrected chi connectivity index (χ3v) is 1.81. The maximum Gasteiger partial charge on any atom is 0.202 e. The first kappa shape index (κ1) is 9.72. The van der Waals surface area contributed by atoms with E-state index in [9.17, 15) is 4.79 Å². The smallest absolute Gasteiger partial charge is 0.202 e. The Morgan fingerprint density at radius 2 is 1.92 bits per heavy atom. The minimum absolute atomic E-state index is 0.411. The standard InChI is InChI=1S/C12H13O/c13-11-7-2-1-4-8-12-9-5-3-6-10-12/h1-3,5-6,9-10H,4,7-8H2. The fraction of sp³-hybridized carbons (Fsp3) is 0.250. The summed E-state index contributed by atoms with van der Waals surface area (Å²) in [5.41, 5.74) is 1.34. The summed E-state index contributed by atoms with van der Waals surface area (Å²) in [5.74, 6) is 0. The largest absolute Gasteiger partial charge is 0.291 e. The lowest BCUT2D eigenvalue weighted by atomic mass is 10.1. The van der Waals surface area contributed by atoms with Gasteiger partial charge in [-0.1, -0.05) is 42.5 Å². The van der Waals surface area contributed by atoms with Crippen LogP contribution in [-0.4, -0.2) is 6.29 Å². The first-order valence-electron chi connectivity index (χ1n) is 4.47. The van der Waals surface area contributed by atoms with Gasteiger partial charge in [-0.3, -0.25) is 4.79 Å². The quantitative estimate of drug-likeness (QED) is 0.626. The van der Waals surface area contributed by atoms with Gasteiger partial charge in [-0.05, 0) is 18.4 Å². The van der Waals surface area contributed by atoms with Crippen molar-refractivity contribution < 1.29 is 4.79 Å². The monoisotopic (exact) mass is 173 g/mol. The fourth-order valence-electron chi connectivity index (χ4n) is 1.14. The van der Waals surface area contributed by atoms with E-state index >= 15 is 0 Å². The van der Waals surface area contributed by atoms with Gasteiger partial charge in [-0.15, -0.1) is 0 Å². The molecule has 1 radical (unpaired) electrons. The van der Waals surface area contributed by atoms with Crippen LogP contribution in [0.2, 0.25) is 0 Å². The Morgan fingerprint density at radius 1 is 1.15 bits per heavy atom.